The number of para-hydroxylation sites is 7. The van der Waals surface area contributed by atoms with Crippen LogP contribution >= 0.6 is 0 Å². The van der Waals surface area contributed by atoms with Crippen molar-refractivity contribution in [1.82, 2.24) is 4.57 Å². The number of nitrogens with zero attached hydrogens (tertiary/aromatic N) is 4. The summed E-state index contributed by atoms with van der Waals surface area (Å²) in [5.74, 6) is 0. The van der Waals surface area contributed by atoms with Crippen LogP contribution < -0.4 is 14.7 Å². The fourth-order valence-corrected chi connectivity index (χ4v) is 9.01. The maximum absolute atomic E-state index is 2.37. The second kappa shape index (κ2) is 17.0. The molecule has 4 heteroatoms. The number of fused-ring (bicyclic) bond motifs is 3. The molecule has 0 spiro atoms. The van der Waals surface area contributed by atoms with Crippen LogP contribution in [-0.4, -0.2) is 4.57 Å². The maximum atomic E-state index is 2.37. The lowest BCUT2D eigenvalue weighted by atomic mass is 10.0. The highest BCUT2D eigenvalue weighted by atomic mass is 15.2. The average Bonchev–Trinajstić information content (AvgIpc) is 3.70. The van der Waals surface area contributed by atoms with Crippen LogP contribution in [0.1, 0.15) is 0 Å². The third-order valence-electron chi connectivity index (χ3n) is 11.9. The molecule has 11 rings (SSSR count). The van der Waals surface area contributed by atoms with Crippen molar-refractivity contribution in [3.63, 3.8) is 0 Å². The van der Waals surface area contributed by atoms with Crippen LogP contribution in [0.25, 0.3) is 38.6 Å². The first-order valence-corrected chi connectivity index (χ1v) is 21.8. The van der Waals surface area contributed by atoms with Gasteiger partial charge in [0.05, 0.1) is 11.0 Å². The van der Waals surface area contributed by atoms with Crippen LogP contribution in [0.3, 0.4) is 0 Å². The van der Waals surface area contributed by atoms with Crippen LogP contribution in [0.5, 0.6) is 0 Å². The third-order valence-corrected chi connectivity index (χ3v) is 11.9. The SMILES string of the molecule is c1ccc(N(c2ccccc2)c2cc(-c3ccc(N(c4ccccc4)c4ccc5c(c4)c4ccccc4n5-c4ccccc4)cc3)cc(N(c3ccccc3)c3ccccc3)c2)cc1. The molecule has 1 aromatic heterocycles. The molecular formula is C60H44N4. The molecule has 0 amide bonds. The van der Waals surface area contributed by atoms with Gasteiger partial charge in [0.15, 0.2) is 0 Å². The van der Waals surface area contributed by atoms with Crippen LogP contribution in [0, 0.1) is 0 Å². The molecule has 0 saturated heterocycles. The minimum Gasteiger partial charge on any atom is -0.310 e. The molecule has 0 saturated carbocycles. The predicted molar refractivity (Wildman–Crippen MR) is 270 cm³/mol. The summed E-state index contributed by atoms with van der Waals surface area (Å²) in [6.07, 6.45) is 0. The van der Waals surface area contributed by atoms with Crippen molar-refractivity contribution in [2.45, 2.75) is 0 Å². The van der Waals surface area contributed by atoms with Gasteiger partial charge in [0.1, 0.15) is 0 Å². The summed E-state index contributed by atoms with van der Waals surface area (Å²) in [6, 6.07) is 95.4. The Morgan fingerprint density at radius 1 is 0.219 bits per heavy atom. The van der Waals surface area contributed by atoms with Gasteiger partial charge < -0.3 is 19.3 Å². The smallest absolute Gasteiger partial charge is 0.0542 e. The van der Waals surface area contributed by atoms with E-state index in [1.165, 1.54) is 21.8 Å². The van der Waals surface area contributed by atoms with E-state index in [2.05, 4.69) is 286 Å². The fraction of sp³-hybridized carbons (Fsp3) is 0. The van der Waals surface area contributed by atoms with Gasteiger partial charge in [-0.3, -0.25) is 0 Å². The quantitative estimate of drug-likeness (QED) is 0.129. The van der Waals surface area contributed by atoms with Gasteiger partial charge in [0, 0.05) is 67.6 Å². The molecule has 1 heterocycles. The molecular weight excluding hydrogens is 777 g/mol. The Morgan fingerprint density at radius 3 is 1.05 bits per heavy atom. The average molecular weight is 821 g/mol. The van der Waals surface area contributed by atoms with Crippen LogP contribution in [0.4, 0.5) is 51.2 Å². The van der Waals surface area contributed by atoms with E-state index in [4.69, 9.17) is 0 Å². The largest absolute Gasteiger partial charge is 0.310 e. The standard InChI is InChI=1S/C60H44N4/c1-7-21-47(22-8-1)61(54-39-40-60-58(44-54)57-33-19-20-34-59(57)64(60)52-31-17-6-18-32-52)53-37-35-45(36-38-53)46-41-55(62(48-23-9-2-10-24-48)49-25-11-3-12-26-49)43-56(42-46)63(50-27-13-4-14-28-50)51-29-15-5-16-30-51/h1-44H. The van der Waals surface area contributed by atoms with Crippen molar-refractivity contribution >= 4 is 73.0 Å². The second-order valence-electron chi connectivity index (χ2n) is 15.9. The number of rotatable bonds is 11. The Hall–Kier alpha value is -8.60. The molecule has 0 fully saturated rings. The van der Waals surface area contributed by atoms with Crippen molar-refractivity contribution in [3.05, 3.63) is 267 Å². The summed E-state index contributed by atoms with van der Waals surface area (Å²) in [6.45, 7) is 0. The molecule has 0 bridgehead atoms. The molecule has 0 aliphatic heterocycles. The highest BCUT2D eigenvalue weighted by Gasteiger charge is 2.21. The van der Waals surface area contributed by atoms with E-state index in [9.17, 15) is 0 Å². The van der Waals surface area contributed by atoms with Crippen LogP contribution in [-0.2, 0) is 0 Å². The number of hydrogen-bond acceptors (Lipinski definition) is 3. The Labute approximate surface area is 374 Å². The predicted octanol–water partition coefficient (Wildman–Crippen LogP) is 16.9. The lowest BCUT2D eigenvalue weighted by Gasteiger charge is -2.30. The number of hydrogen-bond donors (Lipinski definition) is 0. The number of benzene rings is 10. The fourth-order valence-electron chi connectivity index (χ4n) is 9.01. The summed E-state index contributed by atoms with van der Waals surface area (Å²) in [4.78, 5) is 7.05. The van der Waals surface area contributed by atoms with E-state index in [-0.39, 0.29) is 0 Å². The topological polar surface area (TPSA) is 14.7 Å². The monoisotopic (exact) mass is 820 g/mol. The summed E-state index contributed by atoms with van der Waals surface area (Å²) in [5.41, 5.74) is 15.4. The minimum absolute atomic E-state index is 1.06. The molecule has 0 unspecified atom stereocenters. The summed E-state index contributed by atoms with van der Waals surface area (Å²) in [7, 11) is 0. The molecule has 64 heavy (non-hydrogen) atoms. The molecule has 0 aliphatic carbocycles. The second-order valence-corrected chi connectivity index (χ2v) is 15.9. The van der Waals surface area contributed by atoms with Crippen molar-refractivity contribution in [2.75, 3.05) is 14.7 Å². The summed E-state index contributed by atoms with van der Waals surface area (Å²) >= 11 is 0. The molecule has 0 N–H and O–H groups in total. The molecule has 11 aromatic rings. The van der Waals surface area contributed by atoms with E-state index < -0.39 is 0 Å². The lowest BCUT2D eigenvalue weighted by molar-refractivity contribution is 1.18. The first kappa shape index (κ1) is 38.3. The number of anilines is 9. The minimum atomic E-state index is 1.06. The van der Waals surface area contributed by atoms with Gasteiger partial charge in [0.2, 0.25) is 0 Å². The van der Waals surface area contributed by atoms with Gasteiger partial charge in [0.25, 0.3) is 0 Å². The molecule has 4 nitrogen and oxygen atoms in total. The Balaban J connectivity index is 1.06. The first-order valence-electron chi connectivity index (χ1n) is 21.8. The number of aromatic nitrogens is 1. The van der Waals surface area contributed by atoms with Gasteiger partial charge in [-0.15, -0.1) is 0 Å². The van der Waals surface area contributed by atoms with Gasteiger partial charge in [-0.05, 0) is 139 Å². The molecule has 304 valence electrons. The Kier molecular flexibility index (Phi) is 10.2. The highest BCUT2D eigenvalue weighted by molar-refractivity contribution is 6.10. The van der Waals surface area contributed by atoms with Gasteiger partial charge in [-0.1, -0.05) is 140 Å². The van der Waals surface area contributed by atoms with Gasteiger partial charge >= 0.3 is 0 Å². The molecule has 0 aliphatic rings. The first-order chi connectivity index (χ1) is 31.8. The molecule has 0 atom stereocenters. The Morgan fingerprint density at radius 2 is 0.578 bits per heavy atom. The van der Waals surface area contributed by atoms with Crippen LogP contribution in [0.15, 0.2) is 267 Å². The highest BCUT2D eigenvalue weighted by Crippen LogP contribution is 2.44. The zero-order valence-corrected chi connectivity index (χ0v) is 35.2. The van der Waals surface area contributed by atoms with Crippen molar-refractivity contribution in [1.29, 1.82) is 0 Å². The van der Waals surface area contributed by atoms with E-state index in [1.807, 2.05) is 0 Å². The van der Waals surface area contributed by atoms with E-state index in [0.717, 1.165) is 68.0 Å². The summed E-state index contributed by atoms with van der Waals surface area (Å²) < 4.78 is 2.37. The van der Waals surface area contributed by atoms with Crippen molar-refractivity contribution in [2.24, 2.45) is 0 Å². The summed E-state index contributed by atoms with van der Waals surface area (Å²) in [5, 5.41) is 2.43. The molecule has 10 aromatic carbocycles. The zero-order valence-electron chi connectivity index (χ0n) is 35.2. The molecule has 0 radical (unpaired) electrons. The van der Waals surface area contributed by atoms with E-state index in [0.29, 0.717) is 0 Å². The third kappa shape index (κ3) is 7.33. The van der Waals surface area contributed by atoms with Crippen molar-refractivity contribution in [3.8, 4) is 16.8 Å². The van der Waals surface area contributed by atoms with E-state index >= 15 is 0 Å². The van der Waals surface area contributed by atoms with Gasteiger partial charge in [-0.2, -0.15) is 0 Å². The van der Waals surface area contributed by atoms with Crippen LogP contribution in [0.2, 0.25) is 0 Å². The zero-order chi connectivity index (χ0) is 42.7. The van der Waals surface area contributed by atoms with E-state index in [1.54, 1.807) is 0 Å². The maximum Gasteiger partial charge on any atom is 0.0542 e. The lowest BCUT2D eigenvalue weighted by Crippen LogP contribution is -2.13. The normalized spacial score (nSPS) is 11.1. The van der Waals surface area contributed by atoms with Gasteiger partial charge in [-0.25, -0.2) is 0 Å². The van der Waals surface area contributed by atoms with Crippen molar-refractivity contribution < 1.29 is 0 Å². The Bertz CT molecular complexity index is 3120.